The lowest BCUT2D eigenvalue weighted by molar-refractivity contribution is 0.241. The lowest BCUT2D eigenvalue weighted by Gasteiger charge is -2.29. The van der Waals surface area contributed by atoms with E-state index in [4.69, 9.17) is 8.85 Å². The van der Waals surface area contributed by atoms with E-state index in [1.165, 1.54) is 38.5 Å². The van der Waals surface area contributed by atoms with Crippen molar-refractivity contribution in [2.75, 3.05) is 14.2 Å². The number of hydrogen-bond donors (Lipinski definition) is 0. The minimum Gasteiger partial charge on any atom is -0.400 e. The van der Waals surface area contributed by atoms with Crippen molar-refractivity contribution >= 4 is 9.28 Å². The molecule has 0 aromatic carbocycles. The second-order valence-corrected chi connectivity index (χ2v) is 8.13. The number of hydrogen-bond acceptors (Lipinski definition) is 2. The first-order valence-corrected chi connectivity index (χ1v) is 7.66. The molecule has 0 bridgehead atoms. The Morgan fingerprint density at radius 1 is 0.933 bits per heavy atom. The maximum atomic E-state index is 5.46. The van der Waals surface area contributed by atoms with Gasteiger partial charge in [0.15, 0.2) is 0 Å². The third-order valence-corrected chi connectivity index (χ3v) is 5.41. The minimum atomic E-state index is -1.46. The molecule has 3 heteroatoms. The Bertz CT molecular complexity index is 145. The molecular weight excluding hydrogens is 204 g/mol. The highest BCUT2D eigenvalue weighted by Crippen LogP contribution is 2.35. The highest BCUT2D eigenvalue weighted by atomic mass is 28.3. The Balaban J connectivity index is 3.72. The Labute approximate surface area is 97.2 Å². The van der Waals surface area contributed by atoms with Crippen molar-refractivity contribution in [3.8, 4) is 0 Å². The Morgan fingerprint density at radius 2 is 1.47 bits per heavy atom. The second-order valence-electron chi connectivity index (χ2n) is 4.96. The first kappa shape index (κ1) is 15.1. The van der Waals surface area contributed by atoms with E-state index < -0.39 is 9.28 Å². The first-order chi connectivity index (χ1) is 7.08. The Kier molecular flexibility index (Phi) is 8.38. The summed E-state index contributed by atoms with van der Waals surface area (Å²) in [5.74, 6) is 0. The van der Waals surface area contributed by atoms with Crippen molar-refractivity contribution in [2.24, 2.45) is 0 Å². The van der Waals surface area contributed by atoms with E-state index in [1.807, 2.05) is 0 Å². The third kappa shape index (κ3) is 6.33. The van der Waals surface area contributed by atoms with Crippen LogP contribution in [0, 0.1) is 0 Å². The molecular formula is C12H28O2Si. The Hall–Kier alpha value is 0.137. The van der Waals surface area contributed by atoms with Crippen LogP contribution in [0.3, 0.4) is 0 Å². The van der Waals surface area contributed by atoms with Gasteiger partial charge in [-0.15, -0.1) is 0 Å². The second kappa shape index (κ2) is 8.31. The van der Waals surface area contributed by atoms with Crippen LogP contribution < -0.4 is 0 Å². The Morgan fingerprint density at radius 3 is 1.93 bits per heavy atom. The fourth-order valence-electron chi connectivity index (χ4n) is 2.04. The smallest absolute Gasteiger partial charge is 0.326 e. The van der Waals surface area contributed by atoms with Crippen LogP contribution in [-0.2, 0) is 8.85 Å². The minimum absolute atomic E-state index is 0.260. The summed E-state index contributed by atoms with van der Waals surface area (Å²) in [7, 11) is 2.09. The molecule has 0 N–H and O–H groups in total. The van der Waals surface area contributed by atoms with Crippen molar-refractivity contribution < 1.29 is 8.85 Å². The molecule has 0 aromatic heterocycles. The van der Waals surface area contributed by atoms with Gasteiger partial charge in [-0.05, 0) is 6.42 Å². The standard InChI is InChI=1S/C12H28O2Si/c1-6-7-8-9-10-11-12(2,3)15(13-4)14-5/h15H,6-11H2,1-5H3. The molecule has 0 saturated heterocycles. The van der Waals surface area contributed by atoms with Crippen LogP contribution in [0.4, 0.5) is 0 Å². The molecule has 0 unspecified atom stereocenters. The molecule has 2 nitrogen and oxygen atoms in total. The summed E-state index contributed by atoms with van der Waals surface area (Å²) in [5, 5.41) is 0.260. The zero-order valence-corrected chi connectivity index (χ0v) is 12.3. The predicted molar refractivity (Wildman–Crippen MR) is 68.6 cm³/mol. The van der Waals surface area contributed by atoms with Gasteiger partial charge in [-0.2, -0.15) is 0 Å². The van der Waals surface area contributed by atoms with E-state index in [0.29, 0.717) is 0 Å². The summed E-state index contributed by atoms with van der Waals surface area (Å²) in [5.41, 5.74) is 0. The fourth-order valence-corrected chi connectivity index (χ4v) is 3.94. The molecule has 0 aliphatic heterocycles. The average molecular weight is 232 g/mol. The van der Waals surface area contributed by atoms with Gasteiger partial charge in [0.25, 0.3) is 0 Å². The lowest BCUT2D eigenvalue weighted by Crippen LogP contribution is -2.32. The van der Waals surface area contributed by atoms with Gasteiger partial charge in [0.05, 0.1) is 0 Å². The summed E-state index contributed by atoms with van der Waals surface area (Å²) in [6.07, 6.45) is 7.95. The van der Waals surface area contributed by atoms with Gasteiger partial charge in [0, 0.05) is 19.3 Å². The summed E-state index contributed by atoms with van der Waals surface area (Å²) >= 11 is 0. The van der Waals surface area contributed by atoms with E-state index in [1.54, 1.807) is 14.2 Å². The van der Waals surface area contributed by atoms with Gasteiger partial charge >= 0.3 is 9.28 Å². The fraction of sp³-hybridized carbons (Fsp3) is 1.00. The highest BCUT2D eigenvalue weighted by Gasteiger charge is 2.32. The van der Waals surface area contributed by atoms with Crippen LogP contribution in [0.1, 0.15) is 59.3 Å². The molecule has 0 rings (SSSR count). The molecule has 0 aliphatic rings. The van der Waals surface area contributed by atoms with Gasteiger partial charge in [-0.3, -0.25) is 0 Å². The maximum Gasteiger partial charge on any atom is 0.326 e. The maximum absolute atomic E-state index is 5.46. The van der Waals surface area contributed by atoms with Crippen molar-refractivity contribution in [2.45, 2.75) is 64.3 Å². The van der Waals surface area contributed by atoms with Crippen LogP contribution in [0.15, 0.2) is 0 Å². The van der Waals surface area contributed by atoms with Crippen molar-refractivity contribution in [1.29, 1.82) is 0 Å². The van der Waals surface area contributed by atoms with E-state index in [9.17, 15) is 0 Å². The predicted octanol–water partition coefficient (Wildman–Crippen LogP) is 3.64. The molecule has 0 amide bonds. The van der Waals surface area contributed by atoms with Crippen LogP contribution in [-0.4, -0.2) is 23.5 Å². The van der Waals surface area contributed by atoms with Gasteiger partial charge in [-0.25, -0.2) is 0 Å². The van der Waals surface area contributed by atoms with E-state index >= 15 is 0 Å². The van der Waals surface area contributed by atoms with Crippen LogP contribution in [0.25, 0.3) is 0 Å². The van der Waals surface area contributed by atoms with E-state index in [2.05, 4.69) is 20.8 Å². The highest BCUT2D eigenvalue weighted by molar-refractivity contribution is 6.48. The summed E-state index contributed by atoms with van der Waals surface area (Å²) in [6, 6.07) is 0. The topological polar surface area (TPSA) is 18.5 Å². The first-order valence-electron chi connectivity index (χ1n) is 6.14. The lowest BCUT2D eigenvalue weighted by atomic mass is 10.0. The van der Waals surface area contributed by atoms with Crippen molar-refractivity contribution in [3.05, 3.63) is 0 Å². The number of unbranched alkanes of at least 4 members (excludes halogenated alkanes) is 4. The quantitative estimate of drug-likeness (QED) is 0.446. The number of rotatable bonds is 9. The van der Waals surface area contributed by atoms with Crippen molar-refractivity contribution in [1.82, 2.24) is 0 Å². The van der Waals surface area contributed by atoms with Gasteiger partial charge in [0.1, 0.15) is 0 Å². The van der Waals surface area contributed by atoms with Gasteiger partial charge in [-0.1, -0.05) is 52.9 Å². The zero-order chi connectivity index (χ0) is 11.7. The zero-order valence-electron chi connectivity index (χ0n) is 11.1. The molecule has 0 spiro atoms. The average Bonchev–Trinajstić information content (AvgIpc) is 2.18. The molecule has 0 radical (unpaired) electrons. The van der Waals surface area contributed by atoms with Gasteiger partial charge in [0.2, 0.25) is 0 Å². The molecule has 0 heterocycles. The summed E-state index contributed by atoms with van der Waals surface area (Å²) in [4.78, 5) is 0. The van der Waals surface area contributed by atoms with Crippen molar-refractivity contribution in [3.63, 3.8) is 0 Å². The molecule has 0 atom stereocenters. The van der Waals surface area contributed by atoms with E-state index in [0.717, 1.165) is 0 Å². The molecule has 0 fully saturated rings. The van der Waals surface area contributed by atoms with Crippen LogP contribution in [0.5, 0.6) is 0 Å². The molecule has 92 valence electrons. The van der Waals surface area contributed by atoms with Crippen LogP contribution in [0.2, 0.25) is 5.04 Å². The molecule has 0 aliphatic carbocycles. The monoisotopic (exact) mass is 232 g/mol. The molecule has 0 aromatic rings. The SMILES string of the molecule is CCCCCCCC(C)(C)[SiH](OC)OC. The third-order valence-electron chi connectivity index (χ3n) is 2.99. The normalized spacial score (nSPS) is 12.4. The molecule has 0 saturated carbocycles. The van der Waals surface area contributed by atoms with Crippen LogP contribution >= 0.6 is 0 Å². The van der Waals surface area contributed by atoms with E-state index in [-0.39, 0.29) is 5.04 Å². The summed E-state index contributed by atoms with van der Waals surface area (Å²) < 4.78 is 10.9. The van der Waals surface area contributed by atoms with Gasteiger partial charge < -0.3 is 8.85 Å². The largest absolute Gasteiger partial charge is 0.400 e. The summed E-state index contributed by atoms with van der Waals surface area (Å²) in [6.45, 7) is 6.80. The molecule has 15 heavy (non-hydrogen) atoms.